The van der Waals surface area contributed by atoms with Gasteiger partial charge in [0, 0.05) is 6.54 Å². The number of rotatable bonds is 3. The molecule has 0 aromatic rings. The Bertz CT molecular complexity index is 384. The van der Waals surface area contributed by atoms with Crippen molar-refractivity contribution in [3.63, 3.8) is 0 Å². The summed E-state index contributed by atoms with van der Waals surface area (Å²) in [6, 6.07) is 0.540. The largest absolute Gasteiger partial charge is 0.480 e. The van der Waals surface area contributed by atoms with E-state index in [0.29, 0.717) is 19.3 Å². The van der Waals surface area contributed by atoms with E-state index in [1.807, 2.05) is 0 Å². The minimum Gasteiger partial charge on any atom is -0.480 e. The maximum atomic E-state index is 11.5. The molecule has 1 rings (SSSR count). The molecule has 0 spiro atoms. The van der Waals surface area contributed by atoms with Crippen molar-refractivity contribution in [2.24, 2.45) is 0 Å². The highest BCUT2D eigenvalue weighted by atomic mass is 32.2. The number of carboxylic acid groups (broad SMARTS) is 1. The van der Waals surface area contributed by atoms with Gasteiger partial charge in [-0.15, -0.1) is 0 Å². The Morgan fingerprint density at radius 3 is 2.73 bits per heavy atom. The van der Waals surface area contributed by atoms with Crippen molar-refractivity contribution in [2.45, 2.75) is 25.3 Å². The van der Waals surface area contributed by atoms with Crippen molar-refractivity contribution in [3.05, 3.63) is 0 Å². The Kier molecular flexibility index (Phi) is 3.66. The van der Waals surface area contributed by atoms with Gasteiger partial charge in [0.15, 0.2) is 5.75 Å². The van der Waals surface area contributed by atoms with Crippen LogP contribution < -0.4 is 0 Å². The quantitative estimate of drug-likeness (QED) is 0.725. The summed E-state index contributed by atoms with van der Waals surface area (Å²) >= 11 is 0. The zero-order valence-corrected chi connectivity index (χ0v) is 8.90. The molecule has 1 N–H and O–H groups in total. The summed E-state index contributed by atoms with van der Waals surface area (Å²) in [6.45, 7) is 0.195. The van der Waals surface area contributed by atoms with Crippen LogP contribution in [0.3, 0.4) is 0 Å². The number of nitrogens with zero attached hydrogens (tertiary/aromatic N) is 2. The number of sulfonamides is 1. The molecule has 1 saturated heterocycles. The molecule has 0 aliphatic carbocycles. The Morgan fingerprint density at radius 1 is 1.53 bits per heavy atom. The lowest BCUT2D eigenvalue weighted by Crippen LogP contribution is -2.48. The average molecular weight is 232 g/mol. The minimum absolute atomic E-state index is 0.195. The predicted molar refractivity (Wildman–Crippen MR) is 51.4 cm³/mol. The number of aliphatic carboxylic acids is 1. The van der Waals surface area contributed by atoms with Crippen molar-refractivity contribution in [1.29, 1.82) is 5.26 Å². The third kappa shape index (κ3) is 2.67. The first-order valence-electron chi connectivity index (χ1n) is 4.58. The van der Waals surface area contributed by atoms with Gasteiger partial charge in [-0.25, -0.2) is 8.42 Å². The van der Waals surface area contributed by atoms with Gasteiger partial charge in [-0.1, -0.05) is 0 Å². The topological polar surface area (TPSA) is 98.5 Å². The molecule has 1 atom stereocenters. The molecule has 0 aromatic heterocycles. The molecule has 15 heavy (non-hydrogen) atoms. The lowest BCUT2D eigenvalue weighted by Gasteiger charge is -2.30. The zero-order valence-electron chi connectivity index (χ0n) is 8.09. The molecule has 0 unspecified atom stereocenters. The number of nitriles is 1. The normalized spacial score (nSPS) is 23.3. The molecular formula is C8H12N2O4S. The fourth-order valence-electron chi connectivity index (χ4n) is 1.65. The van der Waals surface area contributed by atoms with E-state index in [0.717, 1.165) is 4.31 Å². The van der Waals surface area contributed by atoms with Crippen molar-refractivity contribution < 1.29 is 18.3 Å². The van der Waals surface area contributed by atoms with Crippen molar-refractivity contribution in [3.8, 4) is 6.07 Å². The van der Waals surface area contributed by atoms with Crippen LogP contribution in [0.2, 0.25) is 0 Å². The molecule has 1 heterocycles. The molecule has 6 nitrogen and oxygen atoms in total. The lowest BCUT2D eigenvalue weighted by atomic mass is 10.1. The van der Waals surface area contributed by atoms with Gasteiger partial charge >= 0.3 is 5.97 Å². The second-order valence-electron chi connectivity index (χ2n) is 3.37. The fourth-order valence-corrected chi connectivity index (χ4v) is 2.97. The minimum atomic E-state index is -3.74. The van der Waals surface area contributed by atoms with Crippen LogP contribution in [-0.2, 0) is 14.8 Å². The first kappa shape index (κ1) is 11.9. The number of carbonyl (C=O) groups is 1. The molecule has 84 valence electrons. The van der Waals surface area contributed by atoms with Crippen LogP contribution in [0.25, 0.3) is 0 Å². The maximum absolute atomic E-state index is 11.5. The highest BCUT2D eigenvalue weighted by Gasteiger charge is 2.36. The van der Waals surface area contributed by atoms with E-state index in [1.165, 1.54) is 0 Å². The molecule has 1 aliphatic heterocycles. The molecule has 0 bridgehead atoms. The molecular weight excluding hydrogens is 220 g/mol. The van der Waals surface area contributed by atoms with Gasteiger partial charge < -0.3 is 5.11 Å². The molecule has 0 aromatic carbocycles. The van der Waals surface area contributed by atoms with E-state index in [4.69, 9.17) is 10.4 Å². The number of hydrogen-bond donors (Lipinski definition) is 1. The van der Waals surface area contributed by atoms with Crippen LogP contribution >= 0.6 is 0 Å². The summed E-state index contributed by atoms with van der Waals surface area (Å²) in [6.07, 6.45) is 1.67. The molecule has 0 saturated carbocycles. The number of hydrogen-bond acceptors (Lipinski definition) is 4. The van der Waals surface area contributed by atoms with Crippen LogP contribution in [0.5, 0.6) is 0 Å². The maximum Gasteiger partial charge on any atom is 0.322 e. The van der Waals surface area contributed by atoms with Crippen LogP contribution in [0.15, 0.2) is 0 Å². The first-order chi connectivity index (χ1) is 6.99. The molecule has 7 heteroatoms. The highest BCUT2D eigenvalue weighted by molar-refractivity contribution is 7.89. The van der Waals surface area contributed by atoms with E-state index >= 15 is 0 Å². The third-order valence-corrected chi connectivity index (χ3v) is 3.99. The van der Waals surface area contributed by atoms with E-state index in [9.17, 15) is 13.2 Å². The van der Waals surface area contributed by atoms with E-state index in [1.54, 1.807) is 6.07 Å². The lowest BCUT2D eigenvalue weighted by molar-refractivity contribution is -0.142. The van der Waals surface area contributed by atoms with Gasteiger partial charge in [-0.3, -0.25) is 4.79 Å². The van der Waals surface area contributed by atoms with Gasteiger partial charge in [0.1, 0.15) is 6.04 Å². The number of carboxylic acids is 1. The Morgan fingerprint density at radius 2 is 2.20 bits per heavy atom. The van der Waals surface area contributed by atoms with Crippen molar-refractivity contribution in [2.75, 3.05) is 12.3 Å². The zero-order chi connectivity index (χ0) is 11.5. The van der Waals surface area contributed by atoms with Crippen LogP contribution in [0.4, 0.5) is 0 Å². The van der Waals surface area contributed by atoms with Crippen molar-refractivity contribution >= 4 is 16.0 Å². The fraction of sp³-hybridized carbons (Fsp3) is 0.750. The molecule has 0 radical (unpaired) electrons. The summed E-state index contributed by atoms with van der Waals surface area (Å²) in [4.78, 5) is 10.8. The summed E-state index contributed by atoms with van der Waals surface area (Å²) in [5.74, 6) is -1.80. The van der Waals surface area contributed by atoms with Crippen LogP contribution in [0.1, 0.15) is 19.3 Å². The van der Waals surface area contributed by atoms with Gasteiger partial charge in [-0.2, -0.15) is 9.57 Å². The molecule has 1 aliphatic rings. The van der Waals surface area contributed by atoms with Crippen molar-refractivity contribution in [1.82, 2.24) is 4.31 Å². The van der Waals surface area contributed by atoms with Gasteiger partial charge in [-0.05, 0) is 19.3 Å². The van der Waals surface area contributed by atoms with Gasteiger partial charge in [0.05, 0.1) is 6.07 Å². The Labute approximate surface area is 88.2 Å². The smallest absolute Gasteiger partial charge is 0.322 e. The molecule has 1 fully saturated rings. The first-order valence-corrected chi connectivity index (χ1v) is 6.19. The van der Waals surface area contributed by atoms with Crippen LogP contribution in [-0.4, -0.2) is 42.1 Å². The number of piperidine rings is 1. The van der Waals surface area contributed by atoms with E-state index in [2.05, 4.69) is 0 Å². The second kappa shape index (κ2) is 4.59. The summed E-state index contributed by atoms with van der Waals surface area (Å²) in [7, 11) is -3.74. The second-order valence-corrected chi connectivity index (χ2v) is 5.30. The summed E-state index contributed by atoms with van der Waals surface area (Å²) < 4.78 is 24.0. The third-order valence-electron chi connectivity index (χ3n) is 2.34. The Balaban J connectivity index is 2.91. The van der Waals surface area contributed by atoms with Crippen LogP contribution in [0, 0.1) is 11.3 Å². The highest BCUT2D eigenvalue weighted by Crippen LogP contribution is 2.20. The summed E-state index contributed by atoms with van der Waals surface area (Å²) in [5, 5.41) is 17.2. The van der Waals surface area contributed by atoms with Gasteiger partial charge in [0.25, 0.3) is 0 Å². The summed E-state index contributed by atoms with van der Waals surface area (Å²) in [5.41, 5.74) is 0. The van der Waals surface area contributed by atoms with Gasteiger partial charge in [0.2, 0.25) is 10.0 Å². The SMILES string of the molecule is N#CCS(=O)(=O)N1CCCC[C@H]1C(=O)O. The van der Waals surface area contributed by atoms with E-state index in [-0.39, 0.29) is 6.54 Å². The Hall–Kier alpha value is -1.13. The molecule has 0 amide bonds. The predicted octanol–water partition coefficient (Wildman–Crippen LogP) is -0.221. The van der Waals surface area contributed by atoms with E-state index < -0.39 is 27.8 Å². The monoisotopic (exact) mass is 232 g/mol. The standard InChI is InChI=1S/C8H12N2O4S/c9-4-6-15(13,14)10-5-2-1-3-7(10)8(11)12/h7H,1-3,5-6H2,(H,11,12)/t7-/m0/s1. The average Bonchev–Trinajstić information content (AvgIpc) is 2.17.